The lowest BCUT2D eigenvalue weighted by Gasteiger charge is -2.64. The number of likely N-dealkylation sites (N-methyl/N-ethyl adjacent to an activating group) is 3. The average Bonchev–Trinajstić information content (AvgIpc) is 4.02. The van der Waals surface area contributed by atoms with Gasteiger partial charge >= 0.3 is 0 Å². The third-order valence-electron chi connectivity index (χ3n) is 22.9. The molecule has 13 atom stereocenters. The van der Waals surface area contributed by atoms with Crippen LogP contribution in [0.3, 0.4) is 0 Å². The summed E-state index contributed by atoms with van der Waals surface area (Å²) in [4.78, 5) is 20.6. The van der Waals surface area contributed by atoms with Gasteiger partial charge < -0.3 is 38.8 Å². The van der Waals surface area contributed by atoms with Gasteiger partial charge in [-0.25, -0.2) is 0 Å². The zero-order valence-electron chi connectivity index (χ0n) is 48.1. The second kappa shape index (κ2) is 16.0. The van der Waals surface area contributed by atoms with Crippen molar-refractivity contribution in [2.45, 2.75) is 204 Å². The zero-order chi connectivity index (χ0) is 53.1. The number of piperidine rings is 3. The maximum absolute atomic E-state index is 13.0. The number of ether oxygens (including phenoxy) is 4. The normalized spacial score (nSPS) is 38.8. The number of nitrogens with zero attached hydrogens (tertiary/aromatic N) is 3. The first kappa shape index (κ1) is 50.4. The van der Waals surface area contributed by atoms with Crippen LogP contribution in [0.2, 0.25) is 0 Å². The monoisotopic (exact) mass is 1020 g/mol. The molecule has 6 aliphatic heterocycles. The summed E-state index contributed by atoms with van der Waals surface area (Å²) in [6, 6.07) is 15.2. The first-order valence-electron chi connectivity index (χ1n) is 29.0. The Morgan fingerprint density at radius 1 is 0.613 bits per heavy atom. The standard InChI is InChI=1S/C23H31NO2.C22H29NO2.C21H27NO2/c1-21(2,3)15-9-10-22(4)17-13-14-7-8-16(25-6)19-18(14)23(22,20(15)26-19)11-12-24(17)5;1-20(2,3)14-7-6-13-12-16-21(4)9-8-15(24)19-22(21,10-11-23(16)5)17(13)18(14)25-19;1-20(2,3)14-6-5-12-11-15-13-7-8-16(23)19-21(13,9-10-22(15)4)17(12)18(14)24-19/h7-9,17,20H,10-13H2,1-6H3;6-7,16,19H,8-12H2,1-5H3;5-8,13,15-16,19,23H,9-11H2,1-4H3/t17-,20+,22+,23+;16-,19+,21+,22+;13-,15+,16-,19-,21-/m110/s1. The number of ketones is 1. The Morgan fingerprint density at radius 2 is 1.16 bits per heavy atom. The first-order chi connectivity index (χ1) is 35.3. The maximum atomic E-state index is 13.0. The summed E-state index contributed by atoms with van der Waals surface area (Å²) in [5.41, 5.74) is 13.2. The number of likely N-dealkylation sites (tertiary alicyclic amines) is 3. The van der Waals surface area contributed by atoms with E-state index >= 15 is 0 Å². The van der Waals surface area contributed by atoms with Crippen LogP contribution in [-0.4, -0.2) is 116 Å². The third-order valence-corrected chi connectivity index (χ3v) is 22.9. The van der Waals surface area contributed by atoms with E-state index in [2.05, 4.69) is 161 Å². The van der Waals surface area contributed by atoms with E-state index in [0.717, 1.165) is 87.6 Å². The number of carbonyl (C=O) groups is 1. The second-order valence-electron chi connectivity index (χ2n) is 29.3. The molecule has 0 amide bonds. The predicted octanol–water partition coefficient (Wildman–Crippen LogP) is 10.7. The molecule has 75 heavy (non-hydrogen) atoms. The largest absolute Gasteiger partial charge is 0.493 e. The van der Waals surface area contributed by atoms with Crippen LogP contribution in [0.5, 0.6) is 23.0 Å². The molecule has 1 N–H and O–H groups in total. The molecule has 12 aliphatic rings. The molecular formula is C66H87N3O6. The van der Waals surface area contributed by atoms with Crippen LogP contribution in [0, 0.1) is 22.2 Å². The van der Waals surface area contributed by atoms with E-state index < -0.39 is 6.10 Å². The Kier molecular flexibility index (Phi) is 10.7. The van der Waals surface area contributed by atoms with Crippen molar-refractivity contribution >= 4 is 5.78 Å². The fraction of sp³-hybridized carbons (Fsp3) is 0.652. The summed E-state index contributed by atoms with van der Waals surface area (Å²) in [6.45, 7) is 28.7. The predicted molar refractivity (Wildman–Crippen MR) is 297 cm³/mol. The van der Waals surface area contributed by atoms with Gasteiger partial charge in [0, 0.05) is 63.4 Å². The summed E-state index contributed by atoms with van der Waals surface area (Å²) < 4.78 is 25.7. The Morgan fingerprint density at radius 3 is 1.77 bits per heavy atom. The highest BCUT2D eigenvalue weighted by Gasteiger charge is 2.72. The van der Waals surface area contributed by atoms with Gasteiger partial charge in [0.15, 0.2) is 23.4 Å². The minimum Gasteiger partial charge on any atom is -0.493 e. The lowest BCUT2D eigenvalue weighted by Crippen LogP contribution is -2.70. The van der Waals surface area contributed by atoms with Crippen molar-refractivity contribution in [2.24, 2.45) is 22.2 Å². The summed E-state index contributed by atoms with van der Waals surface area (Å²) >= 11 is 0. The van der Waals surface area contributed by atoms with E-state index in [0.29, 0.717) is 36.2 Å². The Bertz CT molecular complexity index is 2990. The molecule has 6 bridgehead atoms. The van der Waals surface area contributed by atoms with Gasteiger partial charge in [0.1, 0.15) is 29.8 Å². The minimum atomic E-state index is -0.503. The molecule has 6 aliphatic carbocycles. The first-order valence-corrected chi connectivity index (χ1v) is 29.0. The third kappa shape index (κ3) is 6.30. The molecule has 4 fully saturated rings. The molecule has 0 unspecified atom stereocenters. The summed E-state index contributed by atoms with van der Waals surface area (Å²) in [5, 5.41) is 10.7. The Balaban J connectivity index is 0.000000108. The Labute approximate surface area is 448 Å². The van der Waals surface area contributed by atoms with Crippen molar-refractivity contribution < 1.29 is 28.8 Å². The van der Waals surface area contributed by atoms with Gasteiger partial charge in [-0.3, -0.25) is 4.79 Å². The molecular weight excluding hydrogens is 931 g/mol. The quantitative estimate of drug-likeness (QED) is 0.240. The number of rotatable bonds is 1. The van der Waals surface area contributed by atoms with Crippen molar-refractivity contribution in [3.63, 3.8) is 0 Å². The number of Topliss-reactive ketones (excluding diaryl/α,β-unsaturated/α-hetero) is 1. The number of hydrogen-bond donors (Lipinski definition) is 1. The summed E-state index contributed by atoms with van der Waals surface area (Å²) in [7, 11) is 8.59. The van der Waals surface area contributed by atoms with Crippen molar-refractivity contribution in [1.82, 2.24) is 14.7 Å². The van der Waals surface area contributed by atoms with Gasteiger partial charge in [-0.15, -0.1) is 0 Å². The van der Waals surface area contributed by atoms with Crippen LogP contribution >= 0.6 is 0 Å². The van der Waals surface area contributed by atoms with Gasteiger partial charge in [-0.2, -0.15) is 0 Å². The number of hydrogen-bond acceptors (Lipinski definition) is 9. The lowest BCUT2D eigenvalue weighted by atomic mass is 9.43. The maximum Gasteiger partial charge on any atom is 0.174 e. The van der Waals surface area contributed by atoms with E-state index in [4.69, 9.17) is 18.9 Å². The number of methoxy groups -OCH3 is 1. The molecule has 6 heterocycles. The number of allylic oxidation sites excluding steroid dienone is 1. The zero-order valence-corrected chi connectivity index (χ0v) is 48.1. The van der Waals surface area contributed by atoms with Crippen LogP contribution in [0.1, 0.15) is 159 Å². The lowest BCUT2D eigenvalue weighted by molar-refractivity contribution is -0.150. The highest BCUT2D eigenvalue weighted by atomic mass is 16.5. The minimum absolute atomic E-state index is 0.0241. The molecule has 3 spiro atoms. The molecule has 1 saturated carbocycles. The molecule has 3 aromatic rings. The van der Waals surface area contributed by atoms with Crippen LogP contribution < -0.4 is 18.9 Å². The molecule has 9 heteroatoms. The van der Waals surface area contributed by atoms with Crippen molar-refractivity contribution in [1.29, 1.82) is 0 Å². The van der Waals surface area contributed by atoms with E-state index in [1.54, 1.807) is 7.11 Å². The number of aliphatic hydroxyl groups is 1. The highest BCUT2D eigenvalue weighted by Crippen LogP contribution is 2.71. The number of aliphatic hydroxyl groups excluding tert-OH is 1. The fourth-order valence-electron chi connectivity index (χ4n) is 19.1. The number of carbonyl (C=O) groups excluding carboxylic acids is 1. The van der Waals surface area contributed by atoms with Crippen LogP contribution in [0.25, 0.3) is 0 Å². The summed E-state index contributed by atoms with van der Waals surface area (Å²) in [6.07, 6.45) is 15.4. The molecule has 9 nitrogen and oxygen atoms in total. The number of benzene rings is 3. The smallest absolute Gasteiger partial charge is 0.174 e. The van der Waals surface area contributed by atoms with Gasteiger partial charge in [0.05, 0.1) is 12.5 Å². The van der Waals surface area contributed by atoms with E-state index in [1.807, 2.05) is 6.08 Å². The van der Waals surface area contributed by atoms with Gasteiger partial charge in [0.2, 0.25) is 0 Å². The van der Waals surface area contributed by atoms with Crippen LogP contribution in [0.4, 0.5) is 0 Å². The van der Waals surface area contributed by atoms with Crippen LogP contribution in [-0.2, 0) is 51.1 Å². The molecule has 0 radical (unpaired) electrons. The molecule has 0 aromatic heterocycles. The highest BCUT2D eigenvalue weighted by molar-refractivity contribution is 5.89. The Hall–Kier alpha value is -4.15. The van der Waals surface area contributed by atoms with E-state index in [-0.39, 0.29) is 61.6 Å². The van der Waals surface area contributed by atoms with Crippen molar-refractivity contribution in [2.75, 3.05) is 47.9 Å². The summed E-state index contributed by atoms with van der Waals surface area (Å²) in [5.74, 6) is 4.85. The van der Waals surface area contributed by atoms with E-state index in [9.17, 15) is 9.90 Å². The van der Waals surface area contributed by atoms with Crippen LogP contribution in [0.15, 0.2) is 60.2 Å². The SMILES string of the molecule is CN1CC[C@]23c4c5ccc(C(C)(C)C)c4O[C@H]2C(=O)CC[C@@]3(C)[C@H]1C5.CN1CC[C@]23c4c5ccc(C(C)(C)C)c4O[C@H]2[C@@H](O)C=C[C@H]3[C@H]1C5.COc1ccc2c3c1O[C@H]1C(C(C)(C)C)=CC[C@@]4(C)[C@@H](C2)N(C)CC[C@]314. The fourth-order valence-corrected chi connectivity index (χ4v) is 19.1. The topological polar surface area (TPSA) is 83.9 Å². The molecule has 3 saturated heterocycles. The second-order valence-corrected chi connectivity index (χ2v) is 29.3. The van der Waals surface area contributed by atoms with Crippen molar-refractivity contribution in [3.05, 3.63) is 105 Å². The molecule has 402 valence electrons. The average molecular weight is 1020 g/mol. The van der Waals surface area contributed by atoms with Gasteiger partial charge in [-0.1, -0.05) is 125 Å². The van der Waals surface area contributed by atoms with Crippen molar-refractivity contribution in [3.8, 4) is 23.0 Å². The van der Waals surface area contributed by atoms with Gasteiger partial charge in [-0.05, 0) is 153 Å². The van der Waals surface area contributed by atoms with Gasteiger partial charge in [0.25, 0.3) is 0 Å². The van der Waals surface area contributed by atoms with E-state index in [1.165, 1.54) is 56.5 Å². The molecule has 15 rings (SSSR count). The molecule has 3 aromatic carbocycles.